The van der Waals surface area contributed by atoms with Crippen molar-refractivity contribution in [1.29, 1.82) is 0 Å². The Kier molecular flexibility index (Phi) is 13.9. The maximum Gasteiger partial charge on any atom is 0.235 e. The lowest BCUT2D eigenvalue weighted by molar-refractivity contribution is -0.123. The zero-order valence-corrected chi connectivity index (χ0v) is 36.4. The van der Waals surface area contributed by atoms with Crippen molar-refractivity contribution in [3.05, 3.63) is 59.7 Å². The topological polar surface area (TPSA) is 166 Å². The molecule has 316 valence electrons. The molecule has 4 unspecified atom stereocenters. The number of piperidine rings is 2. The molecular weight excluding hydrogens is 784 g/mol. The van der Waals surface area contributed by atoms with Gasteiger partial charge >= 0.3 is 0 Å². The van der Waals surface area contributed by atoms with E-state index in [1.807, 2.05) is 24.3 Å². The fourth-order valence-corrected chi connectivity index (χ4v) is 11.4. The van der Waals surface area contributed by atoms with Crippen molar-refractivity contribution in [3.63, 3.8) is 0 Å². The third-order valence-electron chi connectivity index (χ3n) is 13.5. The molecule has 8 rings (SSSR count). The normalized spacial score (nSPS) is 29.6. The number of nitrogens with zero attached hydrogens (tertiary/aromatic N) is 1. The number of sulfonamides is 2. The highest BCUT2D eigenvalue weighted by atomic mass is 35.5. The number of alkyl halides is 1. The number of likely N-dealkylation sites (tertiary alicyclic amines) is 1. The van der Waals surface area contributed by atoms with E-state index in [0.717, 1.165) is 51.9 Å². The van der Waals surface area contributed by atoms with E-state index in [4.69, 9.17) is 11.6 Å². The highest BCUT2D eigenvalue weighted by Gasteiger charge is 2.66. The second kappa shape index (κ2) is 18.1. The van der Waals surface area contributed by atoms with Gasteiger partial charge in [-0.25, -0.2) is 16.8 Å². The van der Waals surface area contributed by atoms with E-state index in [2.05, 4.69) is 56.3 Å². The Morgan fingerprint density at radius 2 is 1.11 bits per heavy atom. The van der Waals surface area contributed by atoms with Crippen LogP contribution in [0.3, 0.4) is 0 Å². The summed E-state index contributed by atoms with van der Waals surface area (Å²) in [6, 6.07) is 16.3. The van der Waals surface area contributed by atoms with Crippen LogP contribution in [-0.2, 0) is 40.5 Å². The first-order valence-corrected chi connectivity index (χ1v) is 25.1. The summed E-state index contributed by atoms with van der Waals surface area (Å²) in [7, 11) is -6.47. The number of nitrogens with one attached hydrogen (secondary N) is 5. The van der Waals surface area contributed by atoms with Crippen molar-refractivity contribution in [3.8, 4) is 0 Å². The van der Waals surface area contributed by atoms with Gasteiger partial charge in [0.15, 0.2) is 0 Å². The molecule has 4 saturated carbocycles. The molecule has 4 atom stereocenters. The Labute approximate surface area is 345 Å². The number of benzene rings is 2. The van der Waals surface area contributed by atoms with Crippen LogP contribution in [0.5, 0.6) is 0 Å². The minimum absolute atomic E-state index is 0.0291. The average Bonchev–Trinajstić information content (AvgIpc) is 3.61. The quantitative estimate of drug-likeness (QED) is 0.194. The van der Waals surface area contributed by atoms with Crippen molar-refractivity contribution in [1.82, 2.24) is 20.9 Å². The Morgan fingerprint density at radius 1 is 0.684 bits per heavy atom. The molecule has 0 bridgehead atoms. The molecule has 0 spiro atoms. The van der Waals surface area contributed by atoms with E-state index in [-0.39, 0.29) is 28.5 Å². The van der Waals surface area contributed by atoms with Crippen LogP contribution in [0.25, 0.3) is 0 Å². The molecule has 0 aromatic heterocycles. The van der Waals surface area contributed by atoms with E-state index in [1.54, 1.807) is 12.1 Å². The molecule has 6 fully saturated rings. The second-order valence-corrected chi connectivity index (χ2v) is 21.5. The van der Waals surface area contributed by atoms with Crippen LogP contribution in [0.4, 0.5) is 11.4 Å². The second-order valence-electron chi connectivity index (χ2n) is 17.7. The first-order valence-electron chi connectivity index (χ1n) is 20.7. The summed E-state index contributed by atoms with van der Waals surface area (Å²) in [5.41, 5.74) is 4.01. The molecule has 12 nitrogen and oxygen atoms in total. The molecule has 15 heteroatoms. The molecule has 0 radical (unpaired) electrons. The number of carbonyl (C=O) groups excluding carboxylic acids is 2. The molecule has 6 aliphatic rings. The first kappa shape index (κ1) is 43.7. The summed E-state index contributed by atoms with van der Waals surface area (Å²) in [4.78, 5) is 25.5. The number of halogens is 1. The van der Waals surface area contributed by atoms with E-state index in [0.29, 0.717) is 53.7 Å². The minimum Gasteiger partial charge on any atom is -0.352 e. The summed E-state index contributed by atoms with van der Waals surface area (Å²) in [5.74, 6) is 2.69. The van der Waals surface area contributed by atoms with Gasteiger partial charge < -0.3 is 16.0 Å². The predicted molar refractivity (Wildman–Crippen MR) is 229 cm³/mol. The third-order valence-corrected chi connectivity index (χ3v) is 14.9. The summed E-state index contributed by atoms with van der Waals surface area (Å²) >= 11 is 5.36. The number of amides is 2. The summed E-state index contributed by atoms with van der Waals surface area (Å²) in [6.07, 6.45) is 14.4. The Balaban J connectivity index is 0.000000161. The molecule has 57 heavy (non-hydrogen) atoms. The smallest absolute Gasteiger partial charge is 0.235 e. The van der Waals surface area contributed by atoms with Crippen molar-refractivity contribution in [2.75, 3.05) is 60.6 Å². The monoisotopic (exact) mass is 846 g/mol. The number of fused-ring (bicyclic) bond motifs is 2. The van der Waals surface area contributed by atoms with Crippen molar-refractivity contribution in [2.45, 2.75) is 101 Å². The van der Waals surface area contributed by atoms with Crippen LogP contribution in [0.2, 0.25) is 0 Å². The highest BCUT2D eigenvalue weighted by Crippen LogP contribution is 2.63. The van der Waals surface area contributed by atoms with Crippen LogP contribution in [0.15, 0.2) is 48.5 Å². The maximum absolute atomic E-state index is 12.4. The van der Waals surface area contributed by atoms with Gasteiger partial charge in [0.25, 0.3) is 0 Å². The number of hydrogen-bond donors (Lipinski definition) is 5. The third kappa shape index (κ3) is 11.2. The largest absolute Gasteiger partial charge is 0.352 e. The molecular formula is C42H63ClN6O6S2. The number of anilines is 2. The Bertz CT molecular complexity index is 1930. The molecule has 2 aromatic rings. The standard InChI is InChI=1S/C21H31N3O3S.C13H18N2O2S.C8H14ClNO/c1-21(15-7-6-10-17(11-15)23-28(2,26)27)18-12-24(13-19(18)21)14-20(25)22-16-8-4-3-5-9-16;1-13(11-7-14-8-12(11)13)9-4-3-5-10(6-9)15-18(2,16)17;9-6-8(11)10-7-4-2-1-3-5-7/h6-7,10-11,16,18-19,23H,3-5,8-9,12-14H2,1-2H3,(H,22,25);3-6,11-12,14-15H,7-8H2,1-2H3;7H,1-6H2,(H,10,11). The first-order chi connectivity index (χ1) is 27.0. The molecule has 5 N–H and O–H groups in total. The van der Waals surface area contributed by atoms with Crippen molar-refractivity contribution >= 4 is 54.8 Å². The van der Waals surface area contributed by atoms with Gasteiger partial charge in [0.1, 0.15) is 5.88 Å². The summed E-state index contributed by atoms with van der Waals surface area (Å²) < 4.78 is 50.6. The zero-order chi connectivity index (χ0) is 41.0. The van der Waals surface area contributed by atoms with Gasteiger partial charge in [-0.15, -0.1) is 11.6 Å². The molecule has 2 aromatic carbocycles. The summed E-state index contributed by atoms with van der Waals surface area (Å²) in [5, 5.41) is 9.50. The van der Waals surface area contributed by atoms with Crippen molar-refractivity contribution in [2.24, 2.45) is 23.7 Å². The number of hydrogen-bond acceptors (Lipinski definition) is 8. The molecule has 2 heterocycles. The van der Waals surface area contributed by atoms with E-state index in [9.17, 15) is 26.4 Å². The van der Waals surface area contributed by atoms with Crippen LogP contribution in [0, 0.1) is 23.7 Å². The van der Waals surface area contributed by atoms with Crippen LogP contribution >= 0.6 is 11.6 Å². The van der Waals surface area contributed by atoms with Gasteiger partial charge in [-0.2, -0.15) is 0 Å². The average molecular weight is 848 g/mol. The van der Waals surface area contributed by atoms with E-state index < -0.39 is 20.0 Å². The minimum atomic E-state index is -3.27. The number of carbonyl (C=O) groups is 2. The van der Waals surface area contributed by atoms with Gasteiger partial charge in [-0.3, -0.25) is 23.9 Å². The summed E-state index contributed by atoms with van der Waals surface area (Å²) in [6.45, 7) is 9.06. The van der Waals surface area contributed by atoms with Gasteiger partial charge in [0.2, 0.25) is 31.9 Å². The maximum atomic E-state index is 12.4. The molecule has 2 amide bonds. The number of rotatable bonds is 11. The zero-order valence-electron chi connectivity index (χ0n) is 34.0. The van der Waals surface area contributed by atoms with E-state index >= 15 is 0 Å². The lowest BCUT2D eigenvalue weighted by Crippen LogP contribution is -2.43. The van der Waals surface area contributed by atoms with Gasteiger partial charge in [0.05, 0.1) is 19.1 Å². The highest BCUT2D eigenvalue weighted by molar-refractivity contribution is 7.92. The predicted octanol–water partition coefficient (Wildman–Crippen LogP) is 5.17. The molecule has 2 saturated heterocycles. The van der Waals surface area contributed by atoms with Crippen LogP contribution < -0.4 is 25.4 Å². The fraction of sp³-hybridized carbons (Fsp3) is 0.667. The van der Waals surface area contributed by atoms with Crippen LogP contribution in [0.1, 0.15) is 89.2 Å². The van der Waals surface area contributed by atoms with Gasteiger partial charge in [0, 0.05) is 47.4 Å². The molecule has 2 aliphatic heterocycles. The lowest BCUT2D eigenvalue weighted by atomic mass is 9.92. The van der Waals surface area contributed by atoms with Gasteiger partial charge in [-0.05, 0) is 97.8 Å². The van der Waals surface area contributed by atoms with E-state index in [1.165, 1.54) is 62.2 Å². The fourth-order valence-electron chi connectivity index (χ4n) is 10.2. The SMILES string of the molecule is CC1(c2cccc(NS(C)(=O)=O)c2)C2CN(CC(=O)NC3CCCCC3)CC21.CC1(c2cccc(NS(C)(=O)=O)c2)C2CNCC21.O=C(CCl)NC1CCCCC1. The molecule has 4 aliphatic carbocycles. The lowest BCUT2D eigenvalue weighted by Gasteiger charge is -2.27. The Morgan fingerprint density at radius 3 is 1.53 bits per heavy atom. The van der Waals surface area contributed by atoms with Crippen molar-refractivity contribution < 1.29 is 26.4 Å². The van der Waals surface area contributed by atoms with Gasteiger partial charge in [-0.1, -0.05) is 76.6 Å². The van der Waals surface area contributed by atoms with Crippen LogP contribution in [-0.4, -0.2) is 96.7 Å². The Hall–Kier alpha value is -2.91.